The SMILES string of the molecule is Cc1ccoc1C(=O)ON1C(=O)c2ccccc2C1=O. The highest BCUT2D eigenvalue weighted by molar-refractivity contribution is 6.21. The smallest absolute Gasteiger partial charge is 0.399 e. The fourth-order valence-corrected chi connectivity index (χ4v) is 1.96. The van der Waals surface area contributed by atoms with E-state index in [2.05, 4.69) is 0 Å². The standard InChI is InChI=1S/C14H9NO5/c1-8-6-7-19-11(8)14(18)20-15-12(16)9-4-2-3-5-10(9)13(15)17/h2-7H,1H3. The van der Waals surface area contributed by atoms with Crippen LogP contribution in [0.25, 0.3) is 0 Å². The second-order valence-corrected chi connectivity index (χ2v) is 4.26. The summed E-state index contributed by atoms with van der Waals surface area (Å²) in [6.07, 6.45) is 1.33. The largest absolute Gasteiger partial charge is 0.457 e. The average molecular weight is 271 g/mol. The summed E-state index contributed by atoms with van der Waals surface area (Å²) in [5.41, 5.74) is 0.981. The predicted molar refractivity (Wildman–Crippen MR) is 65.8 cm³/mol. The van der Waals surface area contributed by atoms with Crippen LogP contribution < -0.4 is 0 Å². The summed E-state index contributed by atoms with van der Waals surface area (Å²) in [6, 6.07) is 7.85. The van der Waals surface area contributed by atoms with E-state index >= 15 is 0 Å². The number of imide groups is 1. The van der Waals surface area contributed by atoms with Gasteiger partial charge in [-0.25, -0.2) is 4.79 Å². The van der Waals surface area contributed by atoms with Crippen molar-refractivity contribution in [1.29, 1.82) is 0 Å². The van der Waals surface area contributed by atoms with E-state index in [-0.39, 0.29) is 16.9 Å². The quantitative estimate of drug-likeness (QED) is 0.780. The summed E-state index contributed by atoms with van der Waals surface area (Å²) in [4.78, 5) is 40.7. The van der Waals surface area contributed by atoms with Crippen LogP contribution in [-0.4, -0.2) is 22.8 Å². The highest BCUT2D eigenvalue weighted by atomic mass is 16.7. The molecule has 0 saturated heterocycles. The first-order valence-electron chi connectivity index (χ1n) is 5.84. The Morgan fingerprint density at radius 1 is 1.10 bits per heavy atom. The van der Waals surface area contributed by atoms with Gasteiger partial charge < -0.3 is 9.25 Å². The minimum atomic E-state index is -0.887. The molecule has 3 rings (SSSR count). The first-order valence-corrected chi connectivity index (χ1v) is 5.84. The number of hydrogen-bond donors (Lipinski definition) is 0. The molecule has 1 aromatic heterocycles. The van der Waals surface area contributed by atoms with E-state index < -0.39 is 17.8 Å². The van der Waals surface area contributed by atoms with Crippen molar-refractivity contribution in [2.45, 2.75) is 6.92 Å². The van der Waals surface area contributed by atoms with Crippen molar-refractivity contribution < 1.29 is 23.6 Å². The maximum atomic E-state index is 12.0. The molecule has 2 heterocycles. The first kappa shape index (κ1) is 12.2. The first-order chi connectivity index (χ1) is 9.59. The van der Waals surface area contributed by atoms with Gasteiger partial charge in [0.05, 0.1) is 17.4 Å². The molecule has 0 spiro atoms. The summed E-state index contributed by atoms with van der Waals surface area (Å²) >= 11 is 0. The lowest BCUT2D eigenvalue weighted by atomic mass is 10.1. The van der Waals surface area contributed by atoms with Crippen molar-refractivity contribution in [2.24, 2.45) is 0 Å². The van der Waals surface area contributed by atoms with E-state index in [1.165, 1.54) is 18.4 Å². The maximum absolute atomic E-state index is 12.0. The molecule has 0 fully saturated rings. The molecule has 2 amide bonds. The predicted octanol–water partition coefficient (Wildman–Crippen LogP) is 1.96. The molecule has 0 N–H and O–H groups in total. The molecule has 2 aromatic rings. The summed E-state index contributed by atoms with van der Waals surface area (Å²) < 4.78 is 4.96. The lowest BCUT2D eigenvalue weighted by Crippen LogP contribution is -2.32. The van der Waals surface area contributed by atoms with Gasteiger partial charge in [-0.2, -0.15) is 0 Å². The van der Waals surface area contributed by atoms with E-state index in [0.29, 0.717) is 10.6 Å². The number of fused-ring (bicyclic) bond motifs is 1. The number of hydroxylamine groups is 2. The molecular weight excluding hydrogens is 262 g/mol. The number of amides is 2. The molecule has 0 atom stereocenters. The second-order valence-electron chi connectivity index (χ2n) is 4.26. The van der Waals surface area contributed by atoms with Gasteiger partial charge in [0.1, 0.15) is 0 Å². The van der Waals surface area contributed by atoms with Gasteiger partial charge in [-0.05, 0) is 25.1 Å². The van der Waals surface area contributed by atoms with E-state index in [1.54, 1.807) is 25.1 Å². The Balaban J connectivity index is 1.87. The number of furan rings is 1. The van der Waals surface area contributed by atoms with Crippen LogP contribution in [0.1, 0.15) is 36.8 Å². The van der Waals surface area contributed by atoms with Crippen LogP contribution in [-0.2, 0) is 4.84 Å². The lowest BCUT2D eigenvalue weighted by molar-refractivity contribution is -0.0603. The van der Waals surface area contributed by atoms with Crippen LogP contribution in [0, 0.1) is 6.92 Å². The van der Waals surface area contributed by atoms with Crippen LogP contribution in [0.2, 0.25) is 0 Å². The second kappa shape index (κ2) is 4.34. The fraction of sp³-hybridized carbons (Fsp3) is 0.0714. The highest BCUT2D eigenvalue weighted by Gasteiger charge is 2.39. The Bertz CT molecular complexity index is 696. The molecule has 1 aromatic carbocycles. The van der Waals surface area contributed by atoms with E-state index in [9.17, 15) is 14.4 Å². The molecule has 1 aliphatic rings. The molecule has 0 bridgehead atoms. The van der Waals surface area contributed by atoms with E-state index in [4.69, 9.17) is 9.25 Å². The van der Waals surface area contributed by atoms with Crippen molar-refractivity contribution in [3.05, 3.63) is 59.0 Å². The molecule has 6 nitrogen and oxygen atoms in total. The van der Waals surface area contributed by atoms with Gasteiger partial charge >= 0.3 is 5.97 Å². The Morgan fingerprint density at radius 3 is 2.20 bits per heavy atom. The minimum absolute atomic E-state index is 0.0402. The molecular formula is C14H9NO5. The van der Waals surface area contributed by atoms with Crippen LogP contribution in [0.15, 0.2) is 41.0 Å². The van der Waals surface area contributed by atoms with Crippen molar-refractivity contribution >= 4 is 17.8 Å². The molecule has 6 heteroatoms. The number of rotatable bonds is 2. The fourth-order valence-electron chi connectivity index (χ4n) is 1.96. The third kappa shape index (κ3) is 1.70. The number of carbonyl (C=O) groups is 3. The molecule has 0 aliphatic carbocycles. The third-order valence-corrected chi connectivity index (χ3v) is 2.98. The van der Waals surface area contributed by atoms with Gasteiger partial charge in [0, 0.05) is 5.56 Å². The summed E-state index contributed by atoms with van der Waals surface area (Å²) in [5, 5.41) is 0.453. The highest BCUT2D eigenvalue weighted by Crippen LogP contribution is 2.23. The molecule has 100 valence electrons. The average Bonchev–Trinajstić information content (AvgIpc) is 2.97. The lowest BCUT2D eigenvalue weighted by Gasteiger charge is -2.11. The molecule has 1 aliphatic heterocycles. The zero-order valence-corrected chi connectivity index (χ0v) is 10.5. The molecule has 0 radical (unpaired) electrons. The van der Waals surface area contributed by atoms with Crippen molar-refractivity contribution in [1.82, 2.24) is 5.06 Å². The van der Waals surface area contributed by atoms with Gasteiger partial charge in [0.15, 0.2) is 0 Å². The minimum Gasteiger partial charge on any atom is -0.457 e. The number of hydrogen-bond acceptors (Lipinski definition) is 5. The molecule has 0 saturated carbocycles. The number of nitrogens with zero attached hydrogens (tertiary/aromatic N) is 1. The van der Waals surface area contributed by atoms with Crippen LogP contribution in [0.3, 0.4) is 0 Å². The monoisotopic (exact) mass is 271 g/mol. The maximum Gasteiger partial charge on any atom is 0.399 e. The number of benzene rings is 1. The van der Waals surface area contributed by atoms with Crippen molar-refractivity contribution in [3.8, 4) is 0 Å². The Morgan fingerprint density at radius 2 is 1.70 bits per heavy atom. The summed E-state index contributed by atoms with van der Waals surface area (Å²) in [5.74, 6) is -2.25. The van der Waals surface area contributed by atoms with Gasteiger partial charge in [-0.15, -0.1) is 0 Å². The molecule has 0 unspecified atom stereocenters. The topological polar surface area (TPSA) is 76.8 Å². The number of carbonyl (C=O) groups excluding carboxylic acids is 3. The number of aryl methyl sites for hydroxylation is 1. The van der Waals surface area contributed by atoms with Crippen LogP contribution in [0.4, 0.5) is 0 Å². The van der Waals surface area contributed by atoms with Gasteiger partial charge in [-0.3, -0.25) is 9.59 Å². The third-order valence-electron chi connectivity index (χ3n) is 2.98. The van der Waals surface area contributed by atoms with E-state index in [0.717, 1.165) is 0 Å². The van der Waals surface area contributed by atoms with Gasteiger partial charge in [-0.1, -0.05) is 17.2 Å². The summed E-state index contributed by atoms with van der Waals surface area (Å²) in [7, 11) is 0. The zero-order valence-electron chi connectivity index (χ0n) is 10.5. The van der Waals surface area contributed by atoms with Crippen molar-refractivity contribution in [3.63, 3.8) is 0 Å². The zero-order chi connectivity index (χ0) is 14.3. The van der Waals surface area contributed by atoms with Crippen molar-refractivity contribution in [2.75, 3.05) is 0 Å². The van der Waals surface area contributed by atoms with E-state index in [1.807, 2.05) is 0 Å². The Kier molecular flexibility index (Phi) is 2.64. The summed E-state index contributed by atoms with van der Waals surface area (Å²) in [6.45, 7) is 1.66. The Labute approximate surface area is 113 Å². The van der Waals surface area contributed by atoms with Gasteiger partial charge in [0.2, 0.25) is 5.76 Å². The van der Waals surface area contributed by atoms with Crippen LogP contribution >= 0.6 is 0 Å². The normalized spacial score (nSPS) is 13.6. The molecule has 20 heavy (non-hydrogen) atoms. The van der Waals surface area contributed by atoms with Gasteiger partial charge in [0.25, 0.3) is 11.8 Å². The Hall–Kier alpha value is -2.89. The van der Waals surface area contributed by atoms with Crippen LogP contribution in [0.5, 0.6) is 0 Å².